The standard InChI is InChI=1S/C19H28N2O4/c1-14(11-19(3)24-9-10-25-19)12-20-18(22)21-7-6-15(2)16(13-21)17-5-4-8-23-17/h4-5,8,14H,6-7,9-13H2,1-3H3,(H,20,22)/t14-/m1/s1. The quantitative estimate of drug-likeness (QED) is 0.887. The van der Waals surface area contributed by atoms with Gasteiger partial charge in [-0.1, -0.05) is 12.5 Å². The molecule has 1 saturated heterocycles. The van der Waals surface area contributed by atoms with E-state index in [1.807, 2.05) is 24.0 Å². The first-order valence-corrected chi connectivity index (χ1v) is 9.00. The van der Waals surface area contributed by atoms with Crippen LogP contribution in [0.15, 0.2) is 28.4 Å². The fourth-order valence-corrected chi connectivity index (χ4v) is 3.52. The molecule has 0 radical (unpaired) electrons. The van der Waals surface area contributed by atoms with Crippen LogP contribution in [0.5, 0.6) is 0 Å². The third-order valence-electron chi connectivity index (χ3n) is 4.95. The molecule has 1 aromatic rings. The number of nitrogens with one attached hydrogen (secondary N) is 1. The fraction of sp³-hybridized carbons (Fsp3) is 0.632. The van der Waals surface area contributed by atoms with Gasteiger partial charge in [0.05, 0.1) is 26.0 Å². The predicted octanol–water partition coefficient (Wildman–Crippen LogP) is 3.26. The summed E-state index contributed by atoms with van der Waals surface area (Å²) in [6.45, 7) is 9.39. The molecule has 2 aliphatic heterocycles. The average molecular weight is 348 g/mol. The molecule has 25 heavy (non-hydrogen) atoms. The summed E-state index contributed by atoms with van der Waals surface area (Å²) < 4.78 is 16.8. The van der Waals surface area contributed by atoms with Crippen molar-refractivity contribution in [3.05, 3.63) is 29.7 Å². The van der Waals surface area contributed by atoms with Gasteiger partial charge >= 0.3 is 6.03 Å². The van der Waals surface area contributed by atoms with Crippen LogP contribution in [0.25, 0.3) is 5.57 Å². The summed E-state index contributed by atoms with van der Waals surface area (Å²) in [7, 11) is 0. The van der Waals surface area contributed by atoms with Gasteiger partial charge in [-0.3, -0.25) is 0 Å². The Balaban J connectivity index is 1.50. The highest BCUT2D eigenvalue weighted by Crippen LogP contribution is 2.28. The van der Waals surface area contributed by atoms with Gasteiger partial charge < -0.3 is 24.1 Å². The van der Waals surface area contributed by atoms with E-state index in [9.17, 15) is 4.79 Å². The maximum absolute atomic E-state index is 12.5. The zero-order valence-corrected chi connectivity index (χ0v) is 15.3. The number of rotatable bonds is 5. The first-order chi connectivity index (χ1) is 12.0. The van der Waals surface area contributed by atoms with E-state index >= 15 is 0 Å². The molecule has 0 aromatic carbocycles. The van der Waals surface area contributed by atoms with Gasteiger partial charge in [-0.05, 0) is 38.3 Å². The van der Waals surface area contributed by atoms with Crippen molar-refractivity contribution in [3.8, 4) is 0 Å². The number of ether oxygens (including phenoxy) is 2. The molecule has 3 heterocycles. The van der Waals surface area contributed by atoms with E-state index in [1.54, 1.807) is 6.26 Å². The van der Waals surface area contributed by atoms with Gasteiger partial charge in [0, 0.05) is 25.1 Å². The number of hydrogen-bond acceptors (Lipinski definition) is 4. The smallest absolute Gasteiger partial charge is 0.317 e. The van der Waals surface area contributed by atoms with Crippen LogP contribution in [0.2, 0.25) is 0 Å². The van der Waals surface area contributed by atoms with Crippen molar-refractivity contribution >= 4 is 11.6 Å². The fourth-order valence-electron chi connectivity index (χ4n) is 3.52. The van der Waals surface area contributed by atoms with Crippen LogP contribution in [0.1, 0.15) is 39.4 Å². The van der Waals surface area contributed by atoms with Crippen molar-refractivity contribution in [3.63, 3.8) is 0 Å². The molecule has 138 valence electrons. The van der Waals surface area contributed by atoms with Crippen LogP contribution >= 0.6 is 0 Å². The zero-order chi connectivity index (χ0) is 17.9. The SMILES string of the molecule is CC1=C(c2ccco2)CN(C(=O)NC[C@H](C)CC2(C)OCCO2)CC1. The molecule has 2 aliphatic rings. The lowest BCUT2D eigenvalue weighted by Gasteiger charge is -2.30. The van der Waals surface area contributed by atoms with Crippen molar-refractivity contribution in [2.45, 2.75) is 39.4 Å². The van der Waals surface area contributed by atoms with E-state index in [1.165, 1.54) is 5.57 Å². The van der Waals surface area contributed by atoms with Crippen LogP contribution in [-0.4, -0.2) is 49.6 Å². The molecule has 0 saturated carbocycles. The first-order valence-electron chi connectivity index (χ1n) is 9.00. The molecule has 2 amide bonds. The molecular formula is C19H28N2O4. The lowest BCUT2D eigenvalue weighted by molar-refractivity contribution is -0.153. The molecule has 1 aromatic heterocycles. The molecule has 0 spiro atoms. The van der Waals surface area contributed by atoms with Gasteiger partial charge in [-0.15, -0.1) is 0 Å². The average Bonchev–Trinajstić information content (AvgIpc) is 3.25. The summed E-state index contributed by atoms with van der Waals surface area (Å²) in [6.07, 6.45) is 3.31. The molecule has 1 atom stereocenters. The monoisotopic (exact) mass is 348 g/mol. The highest BCUT2D eigenvalue weighted by Gasteiger charge is 2.33. The molecule has 1 fully saturated rings. The van der Waals surface area contributed by atoms with E-state index in [-0.39, 0.29) is 11.9 Å². The molecular weight excluding hydrogens is 320 g/mol. The van der Waals surface area contributed by atoms with E-state index in [4.69, 9.17) is 13.9 Å². The second kappa shape index (κ2) is 7.62. The first kappa shape index (κ1) is 18.0. The minimum absolute atomic E-state index is 0.0261. The Morgan fingerprint density at radius 1 is 1.40 bits per heavy atom. The minimum Gasteiger partial charge on any atom is -0.465 e. The lowest BCUT2D eigenvalue weighted by atomic mass is 9.99. The molecule has 3 rings (SSSR count). The van der Waals surface area contributed by atoms with Gasteiger partial charge in [0.1, 0.15) is 5.76 Å². The summed E-state index contributed by atoms with van der Waals surface area (Å²) >= 11 is 0. The van der Waals surface area contributed by atoms with E-state index in [2.05, 4.69) is 19.2 Å². The van der Waals surface area contributed by atoms with Gasteiger partial charge in [0.2, 0.25) is 0 Å². The second-order valence-electron chi connectivity index (χ2n) is 7.23. The molecule has 0 bridgehead atoms. The predicted molar refractivity (Wildman–Crippen MR) is 95.0 cm³/mol. The topological polar surface area (TPSA) is 63.9 Å². The number of carbonyl (C=O) groups excluding carboxylic acids is 1. The van der Waals surface area contributed by atoms with Crippen LogP contribution in [-0.2, 0) is 9.47 Å². The van der Waals surface area contributed by atoms with Crippen LogP contribution in [0.4, 0.5) is 4.79 Å². The van der Waals surface area contributed by atoms with Crippen molar-refractivity contribution < 1.29 is 18.7 Å². The molecule has 0 unspecified atom stereocenters. The highest BCUT2D eigenvalue weighted by molar-refractivity contribution is 5.78. The van der Waals surface area contributed by atoms with E-state index in [0.717, 1.165) is 30.7 Å². The van der Waals surface area contributed by atoms with Crippen molar-refractivity contribution in [1.82, 2.24) is 10.2 Å². The number of furan rings is 1. The van der Waals surface area contributed by atoms with Crippen LogP contribution < -0.4 is 5.32 Å². The minimum atomic E-state index is -0.512. The maximum atomic E-state index is 12.5. The summed E-state index contributed by atoms with van der Waals surface area (Å²) in [5.74, 6) is 0.618. The Hall–Kier alpha value is -1.79. The van der Waals surface area contributed by atoms with Crippen molar-refractivity contribution in [1.29, 1.82) is 0 Å². The number of amides is 2. The van der Waals surface area contributed by atoms with Gasteiger partial charge in [-0.2, -0.15) is 0 Å². The zero-order valence-electron chi connectivity index (χ0n) is 15.3. The van der Waals surface area contributed by atoms with E-state index in [0.29, 0.717) is 26.3 Å². The normalized spacial score (nSPS) is 21.5. The summed E-state index contributed by atoms with van der Waals surface area (Å²) in [6, 6.07) is 3.80. The Morgan fingerprint density at radius 2 is 2.16 bits per heavy atom. The molecule has 1 N–H and O–H groups in total. The van der Waals surface area contributed by atoms with Gasteiger partial charge in [0.15, 0.2) is 5.79 Å². The number of urea groups is 1. The Kier molecular flexibility index (Phi) is 5.49. The number of nitrogens with zero attached hydrogens (tertiary/aromatic N) is 1. The maximum Gasteiger partial charge on any atom is 0.317 e. The third-order valence-corrected chi connectivity index (χ3v) is 4.95. The Morgan fingerprint density at radius 3 is 2.84 bits per heavy atom. The molecule has 0 aliphatic carbocycles. The van der Waals surface area contributed by atoms with Crippen molar-refractivity contribution in [2.24, 2.45) is 5.92 Å². The summed E-state index contributed by atoms with van der Waals surface area (Å²) in [5, 5.41) is 3.05. The van der Waals surface area contributed by atoms with Crippen LogP contribution in [0, 0.1) is 5.92 Å². The Bertz CT molecular complexity index is 617. The van der Waals surface area contributed by atoms with Gasteiger partial charge in [-0.25, -0.2) is 4.79 Å². The van der Waals surface area contributed by atoms with E-state index < -0.39 is 5.79 Å². The van der Waals surface area contributed by atoms with Crippen LogP contribution in [0.3, 0.4) is 0 Å². The summed E-state index contributed by atoms with van der Waals surface area (Å²) in [4.78, 5) is 14.4. The van der Waals surface area contributed by atoms with Gasteiger partial charge in [0.25, 0.3) is 0 Å². The largest absolute Gasteiger partial charge is 0.465 e. The Labute approximate surface area is 149 Å². The molecule has 6 heteroatoms. The molecule has 6 nitrogen and oxygen atoms in total. The number of hydrogen-bond donors (Lipinski definition) is 1. The highest BCUT2D eigenvalue weighted by atomic mass is 16.7. The third kappa shape index (κ3) is 4.44. The lowest BCUT2D eigenvalue weighted by Crippen LogP contribution is -2.45. The van der Waals surface area contributed by atoms with Crippen molar-refractivity contribution in [2.75, 3.05) is 32.8 Å². The second-order valence-corrected chi connectivity index (χ2v) is 7.23. The summed E-state index contributed by atoms with van der Waals surface area (Å²) in [5.41, 5.74) is 2.40. The number of carbonyl (C=O) groups is 1.